The van der Waals surface area contributed by atoms with Gasteiger partial charge in [0.25, 0.3) is 0 Å². The van der Waals surface area contributed by atoms with E-state index < -0.39 is 5.25 Å². The Morgan fingerprint density at radius 3 is 2.61 bits per heavy atom. The molecule has 154 valence electrons. The molecule has 3 aromatic carbocycles. The van der Waals surface area contributed by atoms with Crippen molar-refractivity contribution in [1.82, 2.24) is 15.2 Å². The van der Waals surface area contributed by atoms with Crippen molar-refractivity contribution in [3.8, 4) is 17.1 Å². The van der Waals surface area contributed by atoms with E-state index in [9.17, 15) is 9.59 Å². The maximum Gasteiger partial charge on any atom is 0.247 e. The summed E-state index contributed by atoms with van der Waals surface area (Å²) < 4.78 is 5.17. The van der Waals surface area contributed by atoms with Crippen LogP contribution < -0.4 is 9.64 Å². The van der Waals surface area contributed by atoms with Crippen molar-refractivity contribution in [3.63, 3.8) is 0 Å². The lowest BCUT2D eigenvalue weighted by atomic mass is 10.1. The number of carbonyl (C=O) groups is 2. The van der Waals surface area contributed by atoms with Crippen LogP contribution in [0.2, 0.25) is 0 Å². The molecule has 2 heterocycles. The van der Waals surface area contributed by atoms with Crippen LogP contribution in [0.4, 0.5) is 5.69 Å². The predicted molar refractivity (Wildman–Crippen MR) is 119 cm³/mol. The van der Waals surface area contributed by atoms with E-state index in [1.165, 1.54) is 16.7 Å². The molecule has 5 rings (SSSR count). The van der Waals surface area contributed by atoms with Crippen LogP contribution in [0.3, 0.4) is 0 Å². The van der Waals surface area contributed by atoms with Gasteiger partial charge in [0.05, 0.1) is 12.8 Å². The van der Waals surface area contributed by atoms with Crippen LogP contribution in [0.1, 0.15) is 6.42 Å². The molecule has 0 radical (unpaired) electrons. The number of methoxy groups -OCH3 is 1. The summed E-state index contributed by atoms with van der Waals surface area (Å²) in [5.74, 6) is 0.876. The second kappa shape index (κ2) is 7.88. The standard InChI is InChI=1S/C23H18N4O3S/c1-30-16-11-9-15(10-12-16)21-24-23(26-25-21)31-19-13-20(28)27(22(19)29)18-8-4-6-14-5-2-3-7-17(14)18/h2-12,19H,13H2,1H3,(H,24,25,26)/t19-/m1/s1. The van der Waals surface area contributed by atoms with Crippen molar-refractivity contribution in [2.24, 2.45) is 0 Å². The Morgan fingerprint density at radius 1 is 1.03 bits per heavy atom. The third-order valence-corrected chi connectivity index (χ3v) is 6.23. The van der Waals surface area contributed by atoms with Crippen LogP contribution in [0.15, 0.2) is 71.9 Å². The van der Waals surface area contributed by atoms with E-state index in [-0.39, 0.29) is 18.2 Å². The topological polar surface area (TPSA) is 88.2 Å². The van der Waals surface area contributed by atoms with Crippen LogP contribution in [-0.4, -0.2) is 39.4 Å². The monoisotopic (exact) mass is 430 g/mol. The number of H-pyrrole nitrogens is 1. The SMILES string of the molecule is COc1ccc(-c2nc(S[C@@H]3CC(=O)N(c4cccc5ccccc45)C3=O)n[nH]2)cc1. The predicted octanol–water partition coefficient (Wildman–Crippen LogP) is 4.06. The Balaban J connectivity index is 1.37. The number of fused-ring (bicyclic) bond motifs is 1. The van der Waals surface area contributed by atoms with Gasteiger partial charge in [-0.15, -0.1) is 5.10 Å². The summed E-state index contributed by atoms with van der Waals surface area (Å²) in [6.45, 7) is 0. The normalized spacial score (nSPS) is 16.3. The Hall–Kier alpha value is -3.65. The van der Waals surface area contributed by atoms with Crippen molar-refractivity contribution in [1.29, 1.82) is 0 Å². The molecule has 1 fully saturated rings. The van der Waals surface area contributed by atoms with E-state index in [0.717, 1.165) is 22.1 Å². The van der Waals surface area contributed by atoms with Crippen LogP contribution in [-0.2, 0) is 9.59 Å². The molecule has 1 aliphatic rings. The fourth-order valence-corrected chi connectivity index (χ4v) is 4.59. The quantitative estimate of drug-likeness (QED) is 0.481. The van der Waals surface area contributed by atoms with E-state index in [2.05, 4.69) is 15.2 Å². The van der Waals surface area contributed by atoms with E-state index in [0.29, 0.717) is 16.7 Å². The second-order valence-corrected chi connectivity index (χ2v) is 8.24. The molecule has 4 aromatic rings. The van der Waals surface area contributed by atoms with E-state index in [1.807, 2.05) is 60.7 Å². The summed E-state index contributed by atoms with van der Waals surface area (Å²) in [4.78, 5) is 31.6. The number of thioether (sulfide) groups is 1. The third-order valence-electron chi connectivity index (χ3n) is 5.19. The van der Waals surface area contributed by atoms with Crippen LogP contribution in [0, 0.1) is 0 Å². The van der Waals surface area contributed by atoms with Gasteiger partial charge in [0.15, 0.2) is 5.82 Å². The van der Waals surface area contributed by atoms with Gasteiger partial charge in [-0.3, -0.25) is 14.7 Å². The maximum absolute atomic E-state index is 13.1. The molecule has 7 nitrogen and oxygen atoms in total. The lowest BCUT2D eigenvalue weighted by Gasteiger charge is -2.17. The lowest BCUT2D eigenvalue weighted by Crippen LogP contribution is -2.31. The minimum absolute atomic E-state index is 0.110. The average Bonchev–Trinajstić information content (AvgIpc) is 3.38. The highest BCUT2D eigenvalue weighted by molar-refractivity contribution is 8.00. The Morgan fingerprint density at radius 2 is 1.81 bits per heavy atom. The fourth-order valence-electron chi connectivity index (χ4n) is 3.66. The molecule has 2 amide bonds. The smallest absolute Gasteiger partial charge is 0.247 e. The molecule has 1 aromatic heterocycles. The minimum atomic E-state index is -0.564. The van der Waals surface area contributed by atoms with Gasteiger partial charge in [0.1, 0.15) is 11.0 Å². The first kappa shape index (κ1) is 19.3. The molecule has 0 aliphatic carbocycles. The van der Waals surface area contributed by atoms with Gasteiger partial charge in [-0.1, -0.05) is 48.2 Å². The minimum Gasteiger partial charge on any atom is -0.497 e. The molecular formula is C23H18N4O3S. The number of nitrogens with zero attached hydrogens (tertiary/aromatic N) is 3. The number of ether oxygens (including phenoxy) is 1. The highest BCUT2D eigenvalue weighted by Gasteiger charge is 2.41. The van der Waals surface area contributed by atoms with Gasteiger partial charge in [-0.05, 0) is 35.7 Å². The molecular weight excluding hydrogens is 412 g/mol. The fraction of sp³-hybridized carbons (Fsp3) is 0.130. The molecule has 1 saturated heterocycles. The van der Waals surface area contributed by atoms with Crippen molar-refractivity contribution in [2.45, 2.75) is 16.8 Å². The van der Waals surface area contributed by atoms with E-state index in [4.69, 9.17) is 4.74 Å². The number of benzene rings is 3. The van der Waals surface area contributed by atoms with Gasteiger partial charge in [0.2, 0.25) is 17.0 Å². The second-order valence-electron chi connectivity index (χ2n) is 7.07. The molecule has 0 saturated carbocycles. The Bertz CT molecular complexity index is 1280. The first-order chi connectivity index (χ1) is 15.1. The molecule has 31 heavy (non-hydrogen) atoms. The van der Waals surface area contributed by atoms with Gasteiger partial charge < -0.3 is 4.74 Å². The van der Waals surface area contributed by atoms with Crippen LogP contribution >= 0.6 is 11.8 Å². The highest BCUT2D eigenvalue weighted by atomic mass is 32.2. The summed E-state index contributed by atoms with van der Waals surface area (Å²) in [5.41, 5.74) is 1.47. The maximum atomic E-state index is 13.1. The van der Waals surface area contributed by atoms with Gasteiger partial charge in [-0.2, -0.15) is 0 Å². The third kappa shape index (κ3) is 3.55. The van der Waals surface area contributed by atoms with E-state index in [1.54, 1.807) is 13.2 Å². The van der Waals surface area contributed by atoms with Crippen molar-refractivity contribution >= 4 is 40.0 Å². The summed E-state index contributed by atoms with van der Waals surface area (Å²) in [5, 5.41) is 8.83. The number of carbonyl (C=O) groups excluding carboxylic acids is 2. The van der Waals surface area contributed by atoms with Gasteiger partial charge in [0, 0.05) is 17.4 Å². The summed E-state index contributed by atoms with van der Waals surface area (Å²) in [7, 11) is 1.61. The van der Waals surface area contributed by atoms with Gasteiger partial charge >= 0.3 is 0 Å². The first-order valence-corrected chi connectivity index (χ1v) is 10.6. The van der Waals surface area contributed by atoms with Crippen LogP contribution in [0.5, 0.6) is 5.75 Å². The molecule has 0 unspecified atom stereocenters. The van der Waals surface area contributed by atoms with E-state index >= 15 is 0 Å². The Labute approximate surface area is 182 Å². The number of nitrogens with one attached hydrogen (secondary N) is 1. The number of hydrogen-bond acceptors (Lipinski definition) is 6. The molecule has 1 atom stereocenters. The average molecular weight is 430 g/mol. The highest BCUT2D eigenvalue weighted by Crippen LogP contribution is 2.36. The van der Waals surface area contributed by atoms with Crippen molar-refractivity contribution in [3.05, 3.63) is 66.7 Å². The van der Waals surface area contributed by atoms with Crippen LogP contribution in [0.25, 0.3) is 22.2 Å². The van der Waals surface area contributed by atoms with Gasteiger partial charge in [-0.25, -0.2) is 9.88 Å². The summed E-state index contributed by atoms with van der Waals surface area (Å²) >= 11 is 1.20. The zero-order valence-electron chi connectivity index (χ0n) is 16.6. The number of aromatic amines is 1. The number of rotatable bonds is 5. The van der Waals surface area contributed by atoms with Crippen molar-refractivity contribution in [2.75, 3.05) is 12.0 Å². The number of hydrogen-bond donors (Lipinski definition) is 1. The first-order valence-electron chi connectivity index (χ1n) is 9.72. The summed E-state index contributed by atoms with van der Waals surface area (Å²) in [6, 6.07) is 20.8. The summed E-state index contributed by atoms with van der Waals surface area (Å²) in [6.07, 6.45) is 0.110. The number of anilines is 1. The van der Waals surface area contributed by atoms with Crippen molar-refractivity contribution < 1.29 is 14.3 Å². The zero-order chi connectivity index (χ0) is 21.4. The number of amides is 2. The molecule has 0 spiro atoms. The molecule has 0 bridgehead atoms. The Kier molecular flexibility index (Phi) is 4.91. The number of aromatic nitrogens is 3. The molecule has 1 N–H and O–H groups in total. The molecule has 8 heteroatoms. The zero-order valence-corrected chi connectivity index (χ0v) is 17.4. The largest absolute Gasteiger partial charge is 0.497 e. The number of imide groups is 1. The lowest BCUT2D eigenvalue weighted by molar-refractivity contribution is -0.121. The molecule has 1 aliphatic heterocycles.